The van der Waals surface area contributed by atoms with Crippen LogP contribution in [0.5, 0.6) is 0 Å². The zero-order chi connectivity index (χ0) is 21.3. The lowest BCUT2D eigenvalue weighted by Crippen LogP contribution is -2.49. The predicted octanol–water partition coefficient (Wildman–Crippen LogP) is 1.60. The number of amides is 1. The van der Waals surface area contributed by atoms with E-state index in [2.05, 4.69) is 53.1 Å². The first-order valence-corrected chi connectivity index (χ1v) is 10.4. The number of aryl methyl sites for hydroxylation is 1. The van der Waals surface area contributed by atoms with Crippen LogP contribution in [-0.4, -0.2) is 61.2 Å². The molecule has 2 aromatic heterocycles. The van der Waals surface area contributed by atoms with Crippen molar-refractivity contribution in [2.45, 2.75) is 32.9 Å². The van der Waals surface area contributed by atoms with E-state index in [1.165, 1.54) is 28.2 Å². The van der Waals surface area contributed by atoms with E-state index >= 15 is 0 Å². The van der Waals surface area contributed by atoms with Crippen LogP contribution in [0.25, 0.3) is 11.0 Å². The highest BCUT2D eigenvalue weighted by Gasteiger charge is 2.22. The van der Waals surface area contributed by atoms with Crippen LogP contribution in [0.4, 0.5) is 0 Å². The minimum Gasteiger partial charge on any atom is -0.339 e. The number of rotatable bonds is 5. The molecule has 8 heteroatoms. The first-order valence-electron chi connectivity index (χ1n) is 10.4. The second kappa shape index (κ2) is 8.39. The average Bonchev–Trinajstić information content (AvgIpc) is 3.12. The Bertz CT molecular complexity index is 1090. The fourth-order valence-electron chi connectivity index (χ4n) is 3.85. The van der Waals surface area contributed by atoms with Crippen molar-refractivity contribution < 1.29 is 4.79 Å². The van der Waals surface area contributed by atoms with E-state index in [9.17, 15) is 9.59 Å². The molecule has 1 saturated heterocycles. The minimum absolute atomic E-state index is 0.00727. The summed E-state index contributed by atoms with van der Waals surface area (Å²) in [6.45, 7) is 8.28. The van der Waals surface area contributed by atoms with Crippen molar-refractivity contribution in [3.05, 3.63) is 58.3 Å². The third-order valence-electron chi connectivity index (χ3n) is 5.80. The smallest absolute Gasteiger partial charge is 0.264 e. The van der Waals surface area contributed by atoms with Gasteiger partial charge >= 0.3 is 0 Å². The molecule has 0 bridgehead atoms. The summed E-state index contributed by atoms with van der Waals surface area (Å²) >= 11 is 0. The average molecular weight is 409 g/mol. The lowest BCUT2D eigenvalue weighted by Gasteiger charge is -2.34. The van der Waals surface area contributed by atoms with E-state index < -0.39 is 0 Å². The van der Waals surface area contributed by atoms with Gasteiger partial charge in [-0.05, 0) is 17.0 Å². The Morgan fingerprint density at radius 3 is 2.47 bits per heavy atom. The Balaban J connectivity index is 1.33. The van der Waals surface area contributed by atoms with Crippen LogP contribution in [0.1, 0.15) is 30.9 Å². The van der Waals surface area contributed by atoms with Gasteiger partial charge in [-0.25, -0.2) is 4.98 Å². The van der Waals surface area contributed by atoms with E-state index in [0.29, 0.717) is 30.0 Å². The summed E-state index contributed by atoms with van der Waals surface area (Å²) in [6.07, 6.45) is 2.93. The number of fused-ring (bicyclic) bond motifs is 1. The van der Waals surface area contributed by atoms with Gasteiger partial charge in [-0.3, -0.25) is 23.7 Å². The number of nitrogens with zero attached hydrogens (tertiary/aromatic N) is 6. The van der Waals surface area contributed by atoms with Gasteiger partial charge in [-0.1, -0.05) is 38.1 Å². The van der Waals surface area contributed by atoms with E-state index in [1.807, 2.05) is 4.90 Å². The Kier molecular flexibility index (Phi) is 5.67. The molecule has 3 aromatic rings. The molecule has 0 radical (unpaired) electrons. The maximum Gasteiger partial charge on any atom is 0.264 e. The number of hydrogen-bond donors (Lipinski definition) is 0. The number of hydrogen-bond acceptors (Lipinski definition) is 5. The number of piperazine rings is 1. The summed E-state index contributed by atoms with van der Waals surface area (Å²) in [7, 11) is 1.74. The number of benzene rings is 1. The first-order chi connectivity index (χ1) is 14.4. The maximum atomic E-state index is 12.7. The van der Waals surface area contributed by atoms with E-state index in [4.69, 9.17) is 0 Å². The highest BCUT2D eigenvalue weighted by molar-refractivity contribution is 5.77. The molecule has 0 atom stereocenters. The molecule has 1 fully saturated rings. The van der Waals surface area contributed by atoms with Gasteiger partial charge in [-0.2, -0.15) is 5.10 Å². The van der Waals surface area contributed by atoms with Crippen molar-refractivity contribution in [2.24, 2.45) is 7.05 Å². The van der Waals surface area contributed by atoms with Gasteiger partial charge in [0.2, 0.25) is 5.91 Å². The second-order valence-electron chi connectivity index (χ2n) is 8.24. The fourth-order valence-corrected chi connectivity index (χ4v) is 3.85. The first kappa shape index (κ1) is 20.3. The highest BCUT2D eigenvalue weighted by atomic mass is 16.2. The lowest BCUT2D eigenvalue weighted by atomic mass is 10.0. The quantitative estimate of drug-likeness (QED) is 0.641. The molecule has 1 aromatic carbocycles. The monoisotopic (exact) mass is 408 g/mol. The van der Waals surface area contributed by atoms with E-state index in [1.54, 1.807) is 11.7 Å². The highest BCUT2D eigenvalue weighted by Crippen LogP contribution is 2.16. The molecular formula is C22H28N6O2. The molecule has 0 unspecified atom stereocenters. The van der Waals surface area contributed by atoms with Crippen LogP contribution in [0.2, 0.25) is 0 Å². The molecule has 1 aliphatic rings. The van der Waals surface area contributed by atoms with Crippen LogP contribution >= 0.6 is 0 Å². The van der Waals surface area contributed by atoms with Crippen LogP contribution < -0.4 is 5.56 Å². The zero-order valence-electron chi connectivity index (χ0n) is 17.8. The van der Waals surface area contributed by atoms with E-state index in [0.717, 1.165) is 19.6 Å². The summed E-state index contributed by atoms with van der Waals surface area (Å²) in [5, 5.41) is 4.49. The Morgan fingerprint density at radius 1 is 1.10 bits per heavy atom. The molecule has 4 rings (SSSR count). The standard InChI is InChI=1S/C22H28N6O2/c1-16(2)18-6-4-17(5-7-18)13-26-8-10-27(11-9-26)20(29)14-28-15-23-21-19(22(28)30)12-24-25(21)3/h4-7,12,15-16H,8-11,13-14H2,1-3H3. The van der Waals surface area contributed by atoms with Gasteiger partial charge < -0.3 is 4.90 Å². The van der Waals surface area contributed by atoms with E-state index in [-0.39, 0.29) is 18.0 Å². The van der Waals surface area contributed by atoms with Gasteiger partial charge in [0.1, 0.15) is 18.3 Å². The normalized spacial score (nSPS) is 15.3. The Morgan fingerprint density at radius 2 is 1.80 bits per heavy atom. The summed E-state index contributed by atoms with van der Waals surface area (Å²) in [5.41, 5.74) is 2.94. The molecule has 0 saturated carbocycles. The predicted molar refractivity (Wildman–Crippen MR) is 115 cm³/mol. The van der Waals surface area contributed by atoms with Crippen LogP contribution in [0, 0.1) is 0 Å². The van der Waals surface area contributed by atoms with Gasteiger partial charge in [0.25, 0.3) is 5.56 Å². The molecular weight excluding hydrogens is 380 g/mol. The van der Waals surface area contributed by atoms with Crippen LogP contribution in [0.3, 0.4) is 0 Å². The molecule has 1 aliphatic heterocycles. The minimum atomic E-state index is -0.232. The summed E-state index contributed by atoms with van der Waals surface area (Å²) < 4.78 is 2.92. The summed E-state index contributed by atoms with van der Waals surface area (Å²) in [4.78, 5) is 33.8. The van der Waals surface area contributed by atoms with Crippen molar-refractivity contribution in [2.75, 3.05) is 26.2 Å². The molecule has 30 heavy (non-hydrogen) atoms. The van der Waals surface area contributed by atoms with Crippen LogP contribution in [0.15, 0.2) is 41.6 Å². The second-order valence-corrected chi connectivity index (χ2v) is 8.24. The molecule has 0 N–H and O–H groups in total. The van der Waals surface area contributed by atoms with Gasteiger partial charge in [-0.15, -0.1) is 0 Å². The van der Waals surface area contributed by atoms with Gasteiger partial charge in [0.15, 0.2) is 5.65 Å². The van der Waals surface area contributed by atoms with Crippen molar-refractivity contribution >= 4 is 16.9 Å². The van der Waals surface area contributed by atoms with Gasteiger partial charge in [0.05, 0.1) is 6.20 Å². The van der Waals surface area contributed by atoms with Gasteiger partial charge in [0, 0.05) is 39.8 Å². The Hall–Kier alpha value is -3.00. The van der Waals surface area contributed by atoms with Crippen molar-refractivity contribution in [1.29, 1.82) is 0 Å². The molecule has 158 valence electrons. The Labute approximate surface area is 175 Å². The molecule has 0 aliphatic carbocycles. The van der Waals surface area contributed by atoms with Crippen molar-refractivity contribution in [3.8, 4) is 0 Å². The zero-order valence-corrected chi connectivity index (χ0v) is 17.8. The third-order valence-corrected chi connectivity index (χ3v) is 5.80. The molecule has 0 spiro atoms. The topological polar surface area (TPSA) is 76.3 Å². The number of carbonyl (C=O) groups excluding carboxylic acids is 1. The summed E-state index contributed by atoms with van der Waals surface area (Å²) in [5.74, 6) is 0.484. The largest absolute Gasteiger partial charge is 0.339 e. The number of carbonyl (C=O) groups is 1. The molecule has 1 amide bonds. The van der Waals surface area contributed by atoms with Crippen molar-refractivity contribution in [1.82, 2.24) is 29.1 Å². The molecule has 8 nitrogen and oxygen atoms in total. The maximum absolute atomic E-state index is 12.7. The molecule has 3 heterocycles. The fraction of sp³-hybridized carbons (Fsp3) is 0.455. The van der Waals surface area contributed by atoms with Crippen LogP contribution in [-0.2, 0) is 24.9 Å². The summed E-state index contributed by atoms with van der Waals surface area (Å²) in [6, 6.07) is 8.79. The van der Waals surface area contributed by atoms with Crippen molar-refractivity contribution in [3.63, 3.8) is 0 Å². The lowest BCUT2D eigenvalue weighted by molar-refractivity contribution is -0.133. The number of aromatic nitrogens is 4. The SMILES string of the molecule is CC(C)c1ccc(CN2CCN(C(=O)Cn3cnc4c(cnn4C)c3=O)CC2)cc1. The third kappa shape index (κ3) is 4.14.